The van der Waals surface area contributed by atoms with Crippen LogP contribution in [0.4, 0.5) is 0 Å². The van der Waals surface area contributed by atoms with Crippen molar-refractivity contribution < 1.29 is 24.5 Å². The number of carbonyl (C=O) groups is 1. The molecule has 6 aromatic carbocycles. The maximum absolute atomic E-state index is 13.3. The molecular formula is C35H26O5. The Morgan fingerprint density at radius 1 is 0.575 bits per heavy atom. The van der Waals surface area contributed by atoms with Crippen LogP contribution in [0.5, 0.6) is 17.2 Å². The topological polar surface area (TPSA) is 76.0 Å². The molecule has 0 radical (unpaired) electrons. The third-order valence-corrected chi connectivity index (χ3v) is 6.93. The molecule has 0 amide bonds. The van der Waals surface area contributed by atoms with Gasteiger partial charge in [0.2, 0.25) is 0 Å². The molecule has 0 spiro atoms. The van der Waals surface area contributed by atoms with E-state index in [9.17, 15) is 15.0 Å². The molecule has 196 valence electrons. The van der Waals surface area contributed by atoms with Crippen molar-refractivity contribution in [2.75, 3.05) is 0 Å². The Kier molecular flexibility index (Phi) is 6.77. The summed E-state index contributed by atoms with van der Waals surface area (Å²) in [5, 5.41) is 26.2. The van der Waals surface area contributed by atoms with Gasteiger partial charge in [0.05, 0.1) is 0 Å². The van der Waals surface area contributed by atoms with E-state index in [1.165, 1.54) is 0 Å². The molecule has 0 aliphatic carbocycles. The zero-order valence-electron chi connectivity index (χ0n) is 21.6. The van der Waals surface area contributed by atoms with E-state index in [4.69, 9.17) is 9.47 Å². The van der Waals surface area contributed by atoms with Gasteiger partial charge >= 0.3 is 5.97 Å². The fraction of sp³-hybridized carbons (Fsp3) is 0.0571. The molecule has 0 bridgehead atoms. The lowest BCUT2D eigenvalue weighted by Crippen LogP contribution is -2.06. The Labute approximate surface area is 231 Å². The Bertz CT molecular complexity index is 1830. The maximum atomic E-state index is 13.3. The predicted octanol–water partition coefficient (Wildman–Crippen LogP) is 8.01. The summed E-state index contributed by atoms with van der Waals surface area (Å²) in [5.74, 6) is -0.769. The number of hydrogen-bond donors (Lipinski definition) is 2. The molecule has 0 aliphatic heterocycles. The second kappa shape index (κ2) is 10.8. The zero-order chi connectivity index (χ0) is 27.5. The third kappa shape index (κ3) is 4.81. The SMILES string of the molecule is O=C(OCc1ccccc1)c1cc2ccccc2c(-c2c(O)c(OCc3ccccc3)cc3ccccc23)c1O. The molecule has 0 aliphatic rings. The highest BCUT2D eigenvalue weighted by molar-refractivity contribution is 6.13. The number of benzene rings is 6. The number of esters is 1. The number of hydrogen-bond acceptors (Lipinski definition) is 5. The smallest absolute Gasteiger partial charge is 0.342 e. The van der Waals surface area contributed by atoms with Gasteiger partial charge in [-0.2, -0.15) is 0 Å². The van der Waals surface area contributed by atoms with Gasteiger partial charge in [0, 0.05) is 11.1 Å². The highest BCUT2D eigenvalue weighted by Crippen LogP contribution is 2.49. The van der Waals surface area contributed by atoms with Gasteiger partial charge in [0.25, 0.3) is 0 Å². The fourth-order valence-electron chi connectivity index (χ4n) is 4.96. The van der Waals surface area contributed by atoms with Gasteiger partial charge in [-0.15, -0.1) is 0 Å². The van der Waals surface area contributed by atoms with Crippen LogP contribution >= 0.6 is 0 Å². The van der Waals surface area contributed by atoms with E-state index in [1.807, 2.05) is 109 Å². The summed E-state index contributed by atoms with van der Waals surface area (Å²) in [5.41, 5.74) is 2.52. The molecule has 6 aromatic rings. The van der Waals surface area contributed by atoms with E-state index in [2.05, 4.69) is 0 Å². The van der Waals surface area contributed by atoms with Crippen LogP contribution in [0.3, 0.4) is 0 Å². The van der Waals surface area contributed by atoms with Gasteiger partial charge in [-0.3, -0.25) is 0 Å². The van der Waals surface area contributed by atoms with Crippen LogP contribution < -0.4 is 4.74 Å². The third-order valence-electron chi connectivity index (χ3n) is 6.93. The first-order valence-corrected chi connectivity index (χ1v) is 13.0. The lowest BCUT2D eigenvalue weighted by Gasteiger charge is -2.19. The first-order chi connectivity index (χ1) is 19.6. The van der Waals surface area contributed by atoms with Crippen LogP contribution in [0.2, 0.25) is 0 Å². The summed E-state index contributed by atoms with van der Waals surface area (Å²) in [7, 11) is 0. The molecule has 5 heteroatoms. The van der Waals surface area contributed by atoms with Crippen LogP contribution in [0.25, 0.3) is 32.7 Å². The zero-order valence-corrected chi connectivity index (χ0v) is 21.6. The molecule has 6 rings (SSSR count). The van der Waals surface area contributed by atoms with Crippen molar-refractivity contribution in [1.29, 1.82) is 0 Å². The standard InChI is InChI=1S/C35H26O5/c36-33-29(35(38)40-22-24-13-5-2-6-14-24)19-25-15-7-9-17-27(25)31(33)32-28-18-10-8-16-26(28)20-30(34(32)37)39-21-23-11-3-1-4-12-23/h1-20,36-37H,21-22H2. The summed E-state index contributed by atoms with van der Waals surface area (Å²) in [4.78, 5) is 13.3. The highest BCUT2D eigenvalue weighted by atomic mass is 16.5. The van der Waals surface area contributed by atoms with E-state index in [0.717, 1.165) is 21.9 Å². The van der Waals surface area contributed by atoms with Crippen LogP contribution in [-0.2, 0) is 18.0 Å². The first kappa shape index (κ1) is 25.0. The van der Waals surface area contributed by atoms with Gasteiger partial charge < -0.3 is 19.7 Å². The van der Waals surface area contributed by atoms with Crippen molar-refractivity contribution in [3.05, 3.63) is 138 Å². The van der Waals surface area contributed by atoms with Gasteiger partial charge in [0.15, 0.2) is 11.5 Å². The van der Waals surface area contributed by atoms with Crippen molar-refractivity contribution in [3.8, 4) is 28.4 Å². The molecule has 0 heterocycles. The number of phenols is 2. The summed E-state index contributed by atoms with van der Waals surface area (Å²) in [6.45, 7) is 0.322. The van der Waals surface area contributed by atoms with Crippen LogP contribution in [0.15, 0.2) is 121 Å². The molecule has 40 heavy (non-hydrogen) atoms. The number of phenolic OH excluding ortho intramolecular Hbond substituents is 2. The molecule has 0 saturated carbocycles. The van der Waals surface area contributed by atoms with Crippen molar-refractivity contribution in [2.24, 2.45) is 0 Å². The van der Waals surface area contributed by atoms with E-state index in [-0.39, 0.29) is 36.0 Å². The predicted molar refractivity (Wildman–Crippen MR) is 157 cm³/mol. The molecule has 0 unspecified atom stereocenters. The van der Waals surface area contributed by atoms with Crippen molar-refractivity contribution in [2.45, 2.75) is 13.2 Å². The number of carbonyl (C=O) groups excluding carboxylic acids is 1. The van der Waals surface area contributed by atoms with Crippen molar-refractivity contribution in [1.82, 2.24) is 0 Å². The normalized spacial score (nSPS) is 11.0. The monoisotopic (exact) mass is 526 g/mol. The van der Waals surface area contributed by atoms with E-state index in [0.29, 0.717) is 21.9 Å². The maximum Gasteiger partial charge on any atom is 0.342 e. The molecule has 0 aromatic heterocycles. The van der Waals surface area contributed by atoms with Gasteiger partial charge in [-0.25, -0.2) is 4.79 Å². The van der Waals surface area contributed by atoms with E-state index < -0.39 is 5.97 Å². The number of fused-ring (bicyclic) bond motifs is 2. The van der Waals surface area contributed by atoms with Crippen LogP contribution in [0, 0.1) is 0 Å². The molecule has 5 nitrogen and oxygen atoms in total. The summed E-state index contributed by atoms with van der Waals surface area (Å²) < 4.78 is 11.7. The van der Waals surface area contributed by atoms with Crippen LogP contribution in [0.1, 0.15) is 21.5 Å². The minimum Gasteiger partial charge on any atom is -0.506 e. The summed E-state index contributed by atoms with van der Waals surface area (Å²) in [6.07, 6.45) is 0. The number of aromatic hydroxyl groups is 2. The average Bonchev–Trinajstić information content (AvgIpc) is 3.00. The highest BCUT2D eigenvalue weighted by Gasteiger charge is 2.25. The Hall–Kier alpha value is -5.29. The lowest BCUT2D eigenvalue weighted by molar-refractivity contribution is 0.0469. The summed E-state index contributed by atoms with van der Waals surface area (Å²) >= 11 is 0. The molecule has 0 atom stereocenters. The van der Waals surface area contributed by atoms with Gasteiger partial charge in [-0.05, 0) is 44.8 Å². The Morgan fingerprint density at radius 2 is 1.07 bits per heavy atom. The quantitative estimate of drug-likeness (QED) is 0.206. The molecular weight excluding hydrogens is 500 g/mol. The largest absolute Gasteiger partial charge is 0.506 e. The average molecular weight is 527 g/mol. The first-order valence-electron chi connectivity index (χ1n) is 13.0. The molecule has 2 N–H and O–H groups in total. The van der Waals surface area contributed by atoms with E-state index >= 15 is 0 Å². The summed E-state index contributed by atoms with van der Waals surface area (Å²) in [6, 6.07) is 37.5. The Morgan fingerprint density at radius 3 is 1.70 bits per heavy atom. The molecule has 0 saturated heterocycles. The fourth-order valence-corrected chi connectivity index (χ4v) is 4.96. The second-order valence-electron chi connectivity index (χ2n) is 9.52. The van der Waals surface area contributed by atoms with Crippen molar-refractivity contribution >= 4 is 27.5 Å². The minimum atomic E-state index is -0.659. The number of rotatable bonds is 7. The number of ether oxygens (including phenoxy) is 2. The van der Waals surface area contributed by atoms with Crippen LogP contribution in [-0.4, -0.2) is 16.2 Å². The van der Waals surface area contributed by atoms with E-state index in [1.54, 1.807) is 12.1 Å². The lowest BCUT2D eigenvalue weighted by atomic mass is 9.90. The second-order valence-corrected chi connectivity index (χ2v) is 9.52. The van der Waals surface area contributed by atoms with Crippen molar-refractivity contribution in [3.63, 3.8) is 0 Å². The molecule has 0 fully saturated rings. The van der Waals surface area contributed by atoms with Gasteiger partial charge in [0.1, 0.15) is 24.5 Å². The van der Waals surface area contributed by atoms with Gasteiger partial charge in [-0.1, -0.05) is 109 Å². The minimum absolute atomic E-state index is 0.0173. The Balaban J connectivity index is 1.50.